The first-order valence-electron chi connectivity index (χ1n) is 6.21. The van der Waals surface area contributed by atoms with E-state index in [1.807, 2.05) is 6.92 Å². The van der Waals surface area contributed by atoms with Gasteiger partial charge in [-0.15, -0.1) is 11.3 Å². The molecule has 2 unspecified atom stereocenters. The van der Waals surface area contributed by atoms with Crippen LogP contribution in [0.4, 0.5) is 5.69 Å². The van der Waals surface area contributed by atoms with Crippen molar-refractivity contribution in [3.8, 4) is 0 Å². The van der Waals surface area contributed by atoms with Gasteiger partial charge in [0.15, 0.2) is 0 Å². The van der Waals surface area contributed by atoms with E-state index in [1.54, 1.807) is 11.3 Å². The fourth-order valence-corrected chi connectivity index (χ4v) is 2.78. The zero-order valence-corrected chi connectivity index (χ0v) is 11.9. The Hall–Kier alpha value is -1.32. The summed E-state index contributed by atoms with van der Waals surface area (Å²) in [6.45, 7) is 4.23. The Labute approximate surface area is 113 Å². The van der Waals surface area contributed by atoms with Crippen LogP contribution in [0, 0.1) is 0 Å². The largest absolute Gasteiger partial charge is 0.367 e. The van der Waals surface area contributed by atoms with Crippen molar-refractivity contribution in [3.05, 3.63) is 52.2 Å². The highest BCUT2D eigenvalue weighted by Gasteiger charge is 2.13. The van der Waals surface area contributed by atoms with E-state index in [4.69, 9.17) is 5.73 Å². The lowest BCUT2D eigenvalue weighted by atomic mass is 10.1. The predicted octanol–water partition coefficient (Wildman–Crippen LogP) is 3.97. The molecule has 0 saturated carbocycles. The van der Waals surface area contributed by atoms with E-state index < -0.39 is 0 Å². The van der Waals surface area contributed by atoms with Crippen molar-refractivity contribution in [2.75, 3.05) is 11.9 Å². The Bertz CT molecular complexity index is 474. The minimum Gasteiger partial charge on any atom is -0.367 e. The molecular formula is C15H20N2S. The second-order valence-electron chi connectivity index (χ2n) is 4.68. The lowest BCUT2D eigenvalue weighted by molar-refractivity contribution is 0.752. The smallest absolute Gasteiger partial charge is 0.0603 e. The summed E-state index contributed by atoms with van der Waals surface area (Å²) in [5.41, 5.74) is 8.26. The number of hydrogen-bond donors (Lipinski definition) is 1. The molecule has 0 aliphatic carbocycles. The van der Waals surface area contributed by atoms with Crippen molar-refractivity contribution in [3.63, 3.8) is 0 Å². The third kappa shape index (κ3) is 2.74. The monoisotopic (exact) mass is 260 g/mol. The van der Waals surface area contributed by atoms with Gasteiger partial charge in [-0.25, -0.2) is 0 Å². The molecule has 2 atom stereocenters. The van der Waals surface area contributed by atoms with Gasteiger partial charge >= 0.3 is 0 Å². The second kappa shape index (κ2) is 5.55. The normalized spacial score (nSPS) is 14.2. The molecule has 0 bridgehead atoms. The molecule has 0 aliphatic heterocycles. The van der Waals surface area contributed by atoms with Gasteiger partial charge in [0, 0.05) is 23.7 Å². The first-order chi connectivity index (χ1) is 8.59. The van der Waals surface area contributed by atoms with Crippen LogP contribution in [0.5, 0.6) is 0 Å². The number of nitrogens with two attached hydrogens (primary N) is 1. The molecule has 0 fully saturated rings. The minimum atomic E-state index is 0.0964. The van der Waals surface area contributed by atoms with Crippen molar-refractivity contribution in [2.45, 2.75) is 25.9 Å². The Morgan fingerprint density at radius 1 is 1.11 bits per heavy atom. The molecule has 2 nitrogen and oxygen atoms in total. The lowest BCUT2D eigenvalue weighted by Gasteiger charge is -2.26. The van der Waals surface area contributed by atoms with E-state index in [1.165, 1.54) is 16.1 Å². The van der Waals surface area contributed by atoms with Gasteiger partial charge in [-0.3, -0.25) is 0 Å². The number of anilines is 1. The Kier molecular flexibility index (Phi) is 4.04. The molecule has 2 aromatic rings. The number of rotatable bonds is 4. The molecule has 96 valence electrons. The van der Waals surface area contributed by atoms with E-state index in [2.05, 4.69) is 60.6 Å². The van der Waals surface area contributed by atoms with Gasteiger partial charge in [0.25, 0.3) is 0 Å². The molecule has 1 aromatic heterocycles. The molecular weight excluding hydrogens is 240 g/mol. The van der Waals surface area contributed by atoms with Crippen LogP contribution in [0.1, 0.15) is 36.4 Å². The highest BCUT2D eigenvalue weighted by molar-refractivity contribution is 7.10. The summed E-state index contributed by atoms with van der Waals surface area (Å²) in [6.07, 6.45) is 0. The van der Waals surface area contributed by atoms with Crippen LogP contribution in [0.2, 0.25) is 0 Å². The standard InChI is InChI=1S/C15H20N2S/c1-11(16)13-6-8-14(9-7-13)17(3)12(2)15-5-4-10-18-15/h4-12H,16H2,1-3H3. The molecule has 1 aromatic carbocycles. The SMILES string of the molecule is CC(N)c1ccc(N(C)C(C)c2cccs2)cc1. The summed E-state index contributed by atoms with van der Waals surface area (Å²) in [5.74, 6) is 0. The van der Waals surface area contributed by atoms with Crippen LogP contribution in [0.3, 0.4) is 0 Å². The quantitative estimate of drug-likeness (QED) is 0.901. The average Bonchev–Trinajstić information content (AvgIpc) is 2.91. The highest BCUT2D eigenvalue weighted by Crippen LogP contribution is 2.28. The summed E-state index contributed by atoms with van der Waals surface area (Å²) in [6, 6.07) is 13.3. The maximum atomic E-state index is 5.86. The van der Waals surface area contributed by atoms with Crippen molar-refractivity contribution in [1.29, 1.82) is 0 Å². The third-order valence-corrected chi connectivity index (χ3v) is 4.40. The molecule has 0 saturated heterocycles. The average molecular weight is 260 g/mol. The fourth-order valence-electron chi connectivity index (χ4n) is 1.96. The van der Waals surface area contributed by atoms with Crippen molar-refractivity contribution < 1.29 is 0 Å². The first kappa shape index (κ1) is 13.1. The van der Waals surface area contributed by atoms with Crippen molar-refractivity contribution in [2.24, 2.45) is 5.73 Å². The molecule has 2 rings (SSSR count). The van der Waals surface area contributed by atoms with Gasteiger partial charge in [0.2, 0.25) is 0 Å². The van der Waals surface area contributed by atoms with Crippen molar-refractivity contribution >= 4 is 17.0 Å². The van der Waals surface area contributed by atoms with Crippen LogP contribution >= 0.6 is 11.3 Å². The summed E-state index contributed by atoms with van der Waals surface area (Å²) < 4.78 is 0. The molecule has 18 heavy (non-hydrogen) atoms. The Balaban J connectivity index is 2.16. The summed E-state index contributed by atoms with van der Waals surface area (Å²) in [4.78, 5) is 3.67. The molecule has 0 radical (unpaired) electrons. The van der Waals surface area contributed by atoms with Gasteiger partial charge in [-0.05, 0) is 43.0 Å². The summed E-state index contributed by atoms with van der Waals surface area (Å²) >= 11 is 1.80. The van der Waals surface area contributed by atoms with Gasteiger partial charge in [-0.2, -0.15) is 0 Å². The third-order valence-electron chi connectivity index (χ3n) is 3.36. The summed E-state index contributed by atoms with van der Waals surface area (Å²) in [7, 11) is 2.13. The van der Waals surface area contributed by atoms with Crippen LogP contribution in [-0.4, -0.2) is 7.05 Å². The number of thiophene rings is 1. The van der Waals surface area contributed by atoms with E-state index in [0.717, 1.165) is 0 Å². The zero-order valence-electron chi connectivity index (χ0n) is 11.1. The van der Waals surface area contributed by atoms with Gasteiger partial charge in [0.1, 0.15) is 0 Å². The number of hydrogen-bond acceptors (Lipinski definition) is 3. The number of nitrogens with zero attached hydrogens (tertiary/aromatic N) is 1. The van der Waals surface area contributed by atoms with E-state index >= 15 is 0 Å². The molecule has 3 heteroatoms. The molecule has 0 amide bonds. The van der Waals surface area contributed by atoms with Crippen molar-refractivity contribution in [1.82, 2.24) is 0 Å². The first-order valence-corrected chi connectivity index (χ1v) is 7.09. The highest BCUT2D eigenvalue weighted by atomic mass is 32.1. The van der Waals surface area contributed by atoms with Crippen LogP contribution in [-0.2, 0) is 0 Å². The number of benzene rings is 1. The second-order valence-corrected chi connectivity index (χ2v) is 5.66. The van der Waals surface area contributed by atoms with E-state index in [0.29, 0.717) is 6.04 Å². The van der Waals surface area contributed by atoms with E-state index in [-0.39, 0.29) is 6.04 Å². The predicted molar refractivity (Wildman–Crippen MR) is 80.2 cm³/mol. The summed E-state index contributed by atoms with van der Waals surface area (Å²) in [5, 5.41) is 2.12. The maximum Gasteiger partial charge on any atom is 0.0603 e. The van der Waals surface area contributed by atoms with Crippen LogP contribution in [0.25, 0.3) is 0 Å². The van der Waals surface area contributed by atoms with Crippen LogP contribution < -0.4 is 10.6 Å². The van der Waals surface area contributed by atoms with Gasteiger partial charge < -0.3 is 10.6 Å². The fraction of sp³-hybridized carbons (Fsp3) is 0.333. The molecule has 2 N–H and O–H groups in total. The molecule has 0 spiro atoms. The van der Waals surface area contributed by atoms with Gasteiger partial charge in [-0.1, -0.05) is 18.2 Å². The van der Waals surface area contributed by atoms with Crippen LogP contribution in [0.15, 0.2) is 41.8 Å². The Morgan fingerprint density at radius 2 is 1.78 bits per heavy atom. The van der Waals surface area contributed by atoms with E-state index in [9.17, 15) is 0 Å². The minimum absolute atomic E-state index is 0.0964. The zero-order chi connectivity index (χ0) is 13.1. The van der Waals surface area contributed by atoms with Gasteiger partial charge in [0.05, 0.1) is 6.04 Å². The maximum absolute atomic E-state index is 5.86. The molecule has 0 aliphatic rings. The molecule has 1 heterocycles. The topological polar surface area (TPSA) is 29.3 Å². The lowest BCUT2D eigenvalue weighted by Crippen LogP contribution is -2.20. The Morgan fingerprint density at radius 3 is 2.28 bits per heavy atom.